The van der Waals surface area contributed by atoms with Crippen molar-refractivity contribution in [2.45, 2.75) is 0 Å². The second-order valence-electron chi connectivity index (χ2n) is 4.78. The standard InChI is InChI=1S/C16H11F2N3O2/c17-11-5-6-12-15(14(11)18)20-16(19-12)10-3-1-2-9(8-10)4-7-13(22)21-23/h1-8,23H,(H,19,20)(H,21,22)/b7-4+. The third kappa shape index (κ3) is 2.95. The van der Waals surface area contributed by atoms with Gasteiger partial charge >= 0.3 is 0 Å². The van der Waals surface area contributed by atoms with Crippen LogP contribution in [0.25, 0.3) is 28.5 Å². The van der Waals surface area contributed by atoms with Crippen LogP contribution >= 0.6 is 0 Å². The van der Waals surface area contributed by atoms with Crippen molar-refractivity contribution in [3.8, 4) is 11.4 Å². The number of rotatable bonds is 3. The fourth-order valence-electron chi connectivity index (χ4n) is 2.15. The number of hydrogen-bond acceptors (Lipinski definition) is 3. The molecule has 0 aliphatic rings. The molecule has 3 rings (SSSR count). The highest BCUT2D eigenvalue weighted by Crippen LogP contribution is 2.24. The summed E-state index contributed by atoms with van der Waals surface area (Å²) in [5.41, 5.74) is 3.13. The lowest BCUT2D eigenvalue weighted by Crippen LogP contribution is -2.14. The third-order valence-electron chi connectivity index (χ3n) is 3.24. The molecule has 0 saturated carbocycles. The van der Waals surface area contributed by atoms with Gasteiger partial charge in [0, 0.05) is 11.6 Å². The second-order valence-corrected chi connectivity index (χ2v) is 4.78. The summed E-state index contributed by atoms with van der Waals surface area (Å²) in [4.78, 5) is 18.0. The number of carbonyl (C=O) groups excluding carboxylic acids is 1. The summed E-state index contributed by atoms with van der Waals surface area (Å²) < 4.78 is 27.0. The van der Waals surface area contributed by atoms with Crippen molar-refractivity contribution in [2.24, 2.45) is 0 Å². The van der Waals surface area contributed by atoms with Gasteiger partial charge in [0.1, 0.15) is 11.3 Å². The van der Waals surface area contributed by atoms with Gasteiger partial charge in [-0.15, -0.1) is 0 Å². The van der Waals surface area contributed by atoms with Gasteiger partial charge in [-0.3, -0.25) is 10.0 Å². The smallest absolute Gasteiger partial charge is 0.267 e. The lowest BCUT2D eigenvalue weighted by Gasteiger charge is -1.99. The molecular formula is C16H11F2N3O2. The SMILES string of the molecule is O=C(/C=C/c1cccc(-c2nc3c(F)c(F)ccc3[nH]2)c1)NO. The van der Waals surface area contributed by atoms with E-state index in [4.69, 9.17) is 5.21 Å². The minimum Gasteiger partial charge on any atom is -0.338 e. The maximum atomic E-state index is 13.7. The molecule has 3 N–H and O–H groups in total. The van der Waals surface area contributed by atoms with Gasteiger partial charge in [-0.25, -0.2) is 19.2 Å². The van der Waals surface area contributed by atoms with Crippen molar-refractivity contribution in [2.75, 3.05) is 0 Å². The van der Waals surface area contributed by atoms with E-state index in [0.29, 0.717) is 22.5 Å². The van der Waals surface area contributed by atoms with Crippen LogP contribution in [0.3, 0.4) is 0 Å². The van der Waals surface area contributed by atoms with Crippen LogP contribution in [0, 0.1) is 11.6 Å². The van der Waals surface area contributed by atoms with E-state index >= 15 is 0 Å². The van der Waals surface area contributed by atoms with Crippen molar-refractivity contribution in [1.82, 2.24) is 15.4 Å². The number of benzene rings is 2. The first-order valence-electron chi connectivity index (χ1n) is 6.65. The van der Waals surface area contributed by atoms with Crippen molar-refractivity contribution < 1.29 is 18.8 Å². The molecule has 0 saturated heterocycles. The highest BCUT2D eigenvalue weighted by atomic mass is 19.2. The van der Waals surface area contributed by atoms with E-state index in [1.54, 1.807) is 24.3 Å². The number of aromatic amines is 1. The minimum absolute atomic E-state index is 0.0689. The number of hydrogen-bond donors (Lipinski definition) is 3. The highest BCUT2D eigenvalue weighted by molar-refractivity contribution is 5.91. The van der Waals surface area contributed by atoms with Gasteiger partial charge in [0.25, 0.3) is 5.91 Å². The van der Waals surface area contributed by atoms with E-state index in [1.165, 1.54) is 17.6 Å². The number of nitrogens with one attached hydrogen (secondary N) is 2. The molecule has 0 aliphatic carbocycles. The van der Waals surface area contributed by atoms with Gasteiger partial charge in [-0.1, -0.05) is 18.2 Å². The second kappa shape index (κ2) is 5.98. The Morgan fingerprint density at radius 3 is 2.87 bits per heavy atom. The molecule has 0 fully saturated rings. The number of aromatic nitrogens is 2. The number of carbonyl (C=O) groups is 1. The van der Waals surface area contributed by atoms with Gasteiger partial charge in [0.15, 0.2) is 11.6 Å². The highest BCUT2D eigenvalue weighted by Gasteiger charge is 2.12. The van der Waals surface area contributed by atoms with E-state index in [0.717, 1.165) is 12.1 Å². The Morgan fingerprint density at radius 1 is 1.26 bits per heavy atom. The Kier molecular flexibility index (Phi) is 3.86. The summed E-state index contributed by atoms with van der Waals surface area (Å²) >= 11 is 0. The van der Waals surface area contributed by atoms with Gasteiger partial charge < -0.3 is 4.98 Å². The fourth-order valence-corrected chi connectivity index (χ4v) is 2.15. The molecule has 0 atom stereocenters. The number of amides is 1. The third-order valence-corrected chi connectivity index (χ3v) is 3.24. The van der Waals surface area contributed by atoms with Gasteiger partial charge in [0.05, 0.1) is 5.52 Å². The zero-order chi connectivity index (χ0) is 16.4. The number of imidazole rings is 1. The predicted octanol–water partition coefficient (Wildman–Crippen LogP) is 3.03. The van der Waals surface area contributed by atoms with E-state index in [9.17, 15) is 13.6 Å². The fraction of sp³-hybridized carbons (Fsp3) is 0. The Morgan fingerprint density at radius 2 is 2.09 bits per heavy atom. The van der Waals surface area contributed by atoms with E-state index in [1.807, 2.05) is 0 Å². The Bertz CT molecular complexity index is 919. The molecule has 3 aromatic rings. The average molecular weight is 315 g/mol. The molecule has 5 nitrogen and oxygen atoms in total. The van der Waals surface area contributed by atoms with Crippen molar-refractivity contribution >= 4 is 23.0 Å². The normalized spacial score (nSPS) is 11.3. The number of H-pyrrole nitrogens is 1. The number of fused-ring (bicyclic) bond motifs is 1. The van der Waals surface area contributed by atoms with E-state index in [-0.39, 0.29) is 5.52 Å². The summed E-state index contributed by atoms with van der Waals surface area (Å²) in [6, 6.07) is 9.39. The average Bonchev–Trinajstić information content (AvgIpc) is 3.01. The Hall–Kier alpha value is -3.06. The maximum absolute atomic E-state index is 13.7. The molecule has 2 aromatic carbocycles. The molecule has 7 heteroatoms. The summed E-state index contributed by atoms with van der Waals surface area (Å²) in [7, 11) is 0. The van der Waals surface area contributed by atoms with Crippen molar-refractivity contribution in [3.05, 3.63) is 59.7 Å². The predicted molar refractivity (Wildman–Crippen MR) is 80.4 cm³/mol. The number of halogens is 2. The molecule has 0 aliphatic heterocycles. The summed E-state index contributed by atoms with van der Waals surface area (Å²) in [6.07, 6.45) is 2.66. The van der Waals surface area contributed by atoms with Gasteiger partial charge in [-0.05, 0) is 29.8 Å². The molecule has 23 heavy (non-hydrogen) atoms. The minimum atomic E-state index is -0.999. The largest absolute Gasteiger partial charge is 0.338 e. The first-order valence-corrected chi connectivity index (χ1v) is 6.65. The zero-order valence-corrected chi connectivity index (χ0v) is 11.7. The molecule has 0 spiro atoms. The quantitative estimate of drug-likeness (QED) is 0.395. The first-order chi connectivity index (χ1) is 11.1. The van der Waals surface area contributed by atoms with Crippen molar-refractivity contribution in [1.29, 1.82) is 0 Å². The summed E-state index contributed by atoms with van der Waals surface area (Å²) in [5, 5.41) is 8.44. The molecule has 0 bridgehead atoms. The first kappa shape index (κ1) is 14.9. The molecule has 0 radical (unpaired) electrons. The molecule has 116 valence electrons. The van der Waals surface area contributed by atoms with Crippen LogP contribution in [0.5, 0.6) is 0 Å². The van der Waals surface area contributed by atoms with Crippen LogP contribution in [-0.4, -0.2) is 21.1 Å². The molecule has 0 unspecified atom stereocenters. The zero-order valence-electron chi connectivity index (χ0n) is 11.7. The molecule has 1 heterocycles. The Balaban J connectivity index is 2.00. The van der Waals surface area contributed by atoms with Crippen LogP contribution in [0.4, 0.5) is 8.78 Å². The van der Waals surface area contributed by atoms with E-state index < -0.39 is 17.5 Å². The van der Waals surface area contributed by atoms with Crippen LogP contribution in [0.2, 0.25) is 0 Å². The van der Waals surface area contributed by atoms with Crippen LogP contribution in [-0.2, 0) is 4.79 Å². The molecule has 1 amide bonds. The van der Waals surface area contributed by atoms with Crippen LogP contribution in [0.1, 0.15) is 5.56 Å². The number of hydroxylamine groups is 1. The molecular weight excluding hydrogens is 304 g/mol. The molecule has 1 aromatic heterocycles. The van der Waals surface area contributed by atoms with Crippen LogP contribution in [0.15, 0.2) is 42.5 Å². The van der Waals surface area contributed by atoms with Crippen LogP contribution < -0.4 is 5.48 Å². The van der Waals surface area contributed by atoms with Gasteiger partial charge in [-0.2, -0.15) is 0 Å². The number of nitrogens with zero attached hydrogens (tertiary/aromatic N) is 1. The summed E-state index contributed by atoms with van der Waals surface area (Å²) in [5.74, 6) is -2.23. The lowest BCUT2D eigenvalue weighted by atomic mass is 10.1. The maximum Gasteiger partial charge on any atom is 0.267 e. The van der Waals surface area contributed by atoms with Crippen molar-refractivity contribution in [3.63, 3.8) is 0 Å². The van der Waals surface area contributed by atoms with E-state index in [2.05, 4.69) is 9.97 Å². The monoisotopic (exact) mass is 315 g/mol. The lowest BCUT2D eigenvalue weighted by molar-refractivity contribution is -0.124. The summed E-state index contributed by atoms with van der Waals surface area (Å²) in [6.45, 7) is 0. The van der Waals surface area contributed by atoms with Gasteiger partial charge in [0.2, 0.25) is 0 Å². The topological polar surface area (TPSA) is 78.0 Å². The Labute approximate surface area is 129 Å².